The monoisotopic (exact) mass is 246 g/mol. The molecule has 2 N–H and O–H groups in total. The fraction of sp³-hybridized carbons (Fsp3) is 0.625. The second-order valence-corrected chi connectivity index (χ2v) is 5.54. The Bertz CT molecular complexity index is 367. The Kier molecular flexibility index (Phi) is 5.21. The van der Waals surface area contributed by atoms with Crippen LogP contribution in [0.3, 0.4) is 0 Å². The Morgan fingerprint density at radius 2 is 2.17 bits per heavy atom. The molecule has 2 heteroatoms. The minimum Gasteiger partial charge on any atom is -0.314 e. The molecule has 1 aromatic carbocycles. The maximum absolute atomic E-state index is 3.60. The van der Waals surface area contributed by atoms with Gasteiger partial charge >= 0.3 is 0 Å². The molecular weight excluding hydrogens is 220 g/mol. The molecule has 1 aliphatic rings. The van der Waals surface area contributed by atoms with Crippen LogP contribution in [0.5, 0.6) is 0 Å². The summed E-state index contributed by atoms with van der Waals surface area (Å²) in [6, 6.07) is 7.44. The molecule has 100 valence electrons. The van der Waals surface area contributed by atoms with Crippen LogP contribution < -0.4 is 10.6 Å². The third-order valence-corrected chi connectivity index (χ3v) is 3.90. The van der Waals surface area contributed by atoms with E-state index in [0.717, 1.165) is 19.1 Å². The summed E-state index contributed by atoms with van der Waals surface area (Å²) in [5.41, 5.74) is 4.18. The maximum atomic E-state index is 3.60. The molecule has 0 aromatic heterocycles. The van der Waals surface area contributed by atoms with Crippen molar-refractivity contribution in [2.75, 3.05) is 13.1 Å². The largest absolute Gasteiger partial charge is 0.314 e. The SMILES string of the molecule is Cc1ccc(C)c(CNCCC2CCCCN2)c1. The third-order valence-electron chi connectivity index (χ3n) is 3.90. The van der Waals surface area contributed by atoms with Crippen molar-refractivity contribution in [3.63, 3.8) is 0 Å². The first-order chi connectivity index (χ1) is 8.75. The molecule has 0 radical (unpaired) electrons. The van der Waals surface area contributed by atoms with Crippen LogP contribution in [0.4, 0.5) is 0 Å². The first kappa shape index (κ1) is 13.6. The normalized spacial score (nSPS) is 20.0. The molecule has 1 unspecified atom stereocenters. The summed E-state index contributed by atoms with van der Waals surface area (Å²) in [4.78, 5) is 0. The van der Waals surface area contributed by atoms with E-state index in [9.17, 15) is 0 Å². The molecule has 1 aromatic rings. The Balaban J connectivity index is 1.69. The zero-order valence-electron chi connectivity index (χ0n) is 11.8. The average Bonchev–Trinajstić information content (AvgIpc) is 2.40. The third kappa shape index (κ3) is 4.11. The summed E-state index contributed by atoms with van der Waals surface area (Å²) in [7, 11) is 0. The van der Waals surface area contributed by atoms with Gasteiger partial charge in [0.25, 0.3) is 0 Å². The van der Waals surface area contributed by atoms with Gasteiger partial charge in [-0.1, -0.05) is 30.2 Å². The topological polar surface area (TPSA) is 24.1 Å². The second-order valence-electron chi connectivity index (χ2n) is 5.54. The smallest absolute Gasteiger partial charge is 0.0208 e. The van der Waals surface area contributed by atoms with Crippen molar-refractivity contribution >= 4 is 0 Å². The van der Waals surface area contributed by atoms with Gasteiger partial charge in [0.1, 0.15) is 0 Å². The quantitative estimate of drug-likeness (QED) is 0.781. The van der Waals surface area contributed by atoms with E-state index in [0.29, 0.717) is 0 Å². The van der Waals surface area contributed by atoms with Crippen molar-refractivity contribution in [1.29, 1.82) is 0 Å². The summed E-state index contributed by atoms with van der Waals surface area (Å²) < 4.78 is 0. The van der Waals surface area contributed by atoms with E-state index in [2.05, 4.69) is 42.7 Å². The highest BCUT2D eigenvalue weighted by molar-refractivity contribution is 5.30. The highest BCUT2D eigenvalue weighted by atomic mass is 14.9. The van der Waals surface area contributed by atoms with Crippen molar-refractivity contribution in [3.05, 3.63) is 34.9 Å². The zero-order chi connectivity index (χ0) is 12.8. The van der Waals surface area contributed by atoms with Crippen molar-refractivity contribution < 1.29 is 0 Å². The summed E-state index contributed by atoms with van der Waals surface area (Å²) in [5, 5.41) is 7.18. The Hall–Kier alpha value is -0.860. The second kappa shape index (κ2) is 6.91. The molecule has 0 amide bonds. The first-order valence-electron chi connectivity index (χ1n) is 7.26. The predicted octanol–water partition coefficient (Wildman–Crippen LogP) is 2.93. The van der Waals surface area contributed by atoms with Crippen LogP contribution in [0, 0.1) is 13.8 Å². The molecule has 0 spiro atoms. The van der Waals surface area contributed by atoms with E-state index in [1.54, 1.807) is 0 Å². The van der Waals surface area contributed by atoms with Crippen LogP contribution in [0.15, 0.2) is 18.2 Å². The minimum atomic E-state index is 0.741. The van der Waals surface area contributed by atoms with Crippen LogP contribution in [0.1, 0.15) is 42.4 Å². The first-order valence-corrected chi connectivity index (χ1v) is 7.26. The number of aryl methyl sites for hydroxylation is 2. The highest BCUT2D eigenvalue weighted by Gasteiger charge is 2.11. The van der Waals surface area contributed by atoms with Gasteiger partial charge in [0.05, 0.1) is 0 Å². The van der Waals surface area contributed by atoms with Crippen molar-refractivity contribution in [1.82, 2.24) is 10.6 Å². The van der Waals surface area contributed by atoms with Gasteiger partial charge in [-0.2, -0.15) is 0 Å². The Morgan fingerprint density at radius 1 is 1.28 bits per heavy atom. The van der Waals surface area contributed by atoms with Crippen molar-refractivity contribution in [2.24, 2.45) is 0 Å². The molecule has 18 heavy (non-hydrogen) atoms. The van der Waals surface area contributed by atoms with E-state index in [4.69, 9.17) is 0 Å². The fourth-order valence-corrected chi connectivity index (χ4v) is 2.66. The van der Waals surface area contributed by atoms with E-state index in [1.807, 2.05) is 0 Å². The van der Waals surface area contributed by atoms with Crippen LogP contribution in [0.2, 0.25) is 0 Å². The van der Waals surface area contributed by atoms with Gasteiger partial charge in [0, 0.05) is 12.6 Å². The lowest BCUT2D eigenvalue weighted by Gasteiger charge is -2.23. The van der Waals surface area contributed by atoms with E-state index in [-0.39, 0.29) is 0 Å². The van der Waals surface area contributed by atoms with Gasteiger partial charge in [0.2, 0.25) is 0 Å². The number of rotatable bonds is 5. The standard InChI is InChI=1S/C16H26N2/c1-13-6-7-14(2)15(11-13)12-17-10-8-16-5-3-4-9-18-16/h6-7,11,16-18H,3-5,8-10,12H2,1-2H3. The van der Waals surface area contributed by atoms with Crippen molar-refractivity contribution in [3.8, 4) is 0 Å². The zero-order valence-corrected chi connectivity index (χ0v) is 11.8. The van der Waals surface area contributed by atoms with Gasteiger partial charge in [0.15, 0.2) is 0 Å². The maximum Gasteiger partial charge on any atom is 0.0208 e. The number of piperidine rings is 1. The van der Waals surface area contributed by atoms with Gasteiger partial charge < -0.3 is 10.6 Å². The van der Waals surface area contributed by atoms with E-state index >= 15 is 0 Å². The number of hydrogen-bond donors (Lipinski definition) is 2. The number of benzene rings is 1. The highest BCUT2D eigenvalue weighted by Crippen LogP contribution is 2.11. The van der Waals surface area contributed by atoms with Gasteiger partial charge in [-0.05, 0) is 57.3 Å². The Labute approximate surface area is 111 Å². The Morgan fingerprint density at radius 3 is 2.94 bits per heavy atom. The molecule has 0 saturated carbocycles. The summed E-state index contributed by atoms with van der Waals surface area (Å²) in [5.74, 6) is 0. The van der Waals surface area contributed by atoms with E-state index in [1.165, 1.54) is 48.9 Å². The molecule has 1 atom stereocenters. The van der Waals surface area contributed by atoms with Crippen LogP contribution >= 0.6 is 0 Å². The molecule has 2 rings (SSSR count). The summed E-state index contributed by atoms with van der Waals surface area (Å²) in [6.45, 7) is 7.68. The average molecular weight is 246 g/mol. The fourth-order valence-electron chi connectivity index (χ4n) is 2.66. The lowest BCUT2D eigenvalue weighted by Crippen LogP contribution is -2.36. The molecule has 1 fully saturated rings. The summed E-state index contributed by atoms with van der Waals surface area (Å²) >= 11 is 0. The molecule has 0 aliphatic carbocycles. The van der Waals surface area contributed by atoms with Crippen LogP contribution in [-0.4, -0.2) is 19.1 Å². The van der Waals surface area contributed by atoms with Crippen molar-refractivity contribution in [2.45, 2.75) is 52.1 Å². The van der Waals surface area contributed by atoms with Gasteiger partial charge in [-0.15, -0.1) is 0 Å². The van der Waals surface area contributed by atoms with Crippen LogP contribution in [0.25, 0.3) is 0 Å². The molecule has 1 saturated heterocycles. The predicted molar refractivity (Wildman–Crippen MR) is 77.9 cm³/mol. The number of hydrogen-bond acceptors (Lipinski definition) is 2. The minimum absolute atomic E-state index is 0.741. The molecule has 2 nitrogen and oxygen atoms in total. The summed E-state index contributed by atoms with van der Waals surface area (Å²) in [6.07, 6.45) is 5.36. The number of nitrogens with one attached hydrogen (secondary N) is 2. The van der Waals surface area contributed by atoms with Gasteiger partial charge in [-0.25, -0.2) is 0 Å². The molecule has 1 aliphatic heterocycles. The molecular formula is C16H26N2. The lowest BCUT2D eigenvalue weighted by atomic mass is 10.0. The van der Waals surface area contributed by atoms with Crippen LogP contribution in [-0.2, 0) is 6.54 Å². The lowest BCUT2D eigenvalue weighted by molar-refractivity contribution is 0.376. The molecule has 0 bridgehead atoms. The van der Waals surface area contributed by atoms with E-state index < -0.39 is 0 Å². The van der Waals surface area contributed by atoms with Gasteiger partial charge in [-0.3, -0.25) is 0 Å². The molecule has 1 heterocycles.